The highest BCUT2D eigenvalue weighted by molar-refractivity contribution is 5.95. The standard InChI is InChI=1S/C19H22F3N7O3/c1-11(17(31)24-12-2-3-12)27-6-8-28(9-7-27)18(32)13-10-23-29(16(13)19(20,21)22)14-4-5-15(30)26-25-14/h4-5,10-12H,2-3,6-9H2,1H3,(H,24,31)(H,26,30). The molecule has 2 aromatic heterocycles. The molecule has 1 saturated carbocycles. The Bertz CT molecular complexity index is 1050. The predicted octanol–water partition coefficient (Wildman–Crippen LogP) is 0.399. The Kier molecular flexibility index (Phi) is 5.75. The van der Waals surface area contributed by atoms with Gasteiger partial charge < -0.3 is 10.2 Å². The summed E-state index contributed by atoms with van der Waals surface area (Å²) >= 11 is 0. The molecule has 1 aliphatic carbocycles. The minimum absolute atomic E-state index is 0.0821. The highest BCUT2D eigenvalue weighted by atomic mass is 19.4. The molecule has 32 heavy (non-hydrogen) atoms. The van der Waals surface area contributed by atoms with Crippen molar-refractivity contribution in [3.05, 3.63) is 39.9 Å². The number of hydrogen-bond acceptors (Lipinski definition) is 6. The number of amides is 2. The monoisotopic (exact) mass is 453 g/mol. The fraction of sp³-hybridized carbons (Fsp3) is 0.526. The van der Waals surface area contributed by atoms with Crippen molar-refractivity contribution < 1.29 is 22.8 Å². The number of alkyl halides is 3. The van der Waals surface area contributed by atoms with Gasteiger partial charge in [-0.3, -0.25) is 19.3 Å². The summed E-state index contributed by atoms with van der Waals surface area (Å²) in [6.07, 6.45) is -2.07. The Morgan fingerprint density at radius 1 is 1.19 bits per heavy atom. The van der Waals surface area contributed by atoms with Crippen molar-refractivity contribution in [2.75, 3.05) is 26.2 Å². The molecule has 2 aromatic rings. The predicted molar refractivity (Wildman–Crippen MR) is 105 cm³/mol. The van der Waals surface area contributed by atoms with E-state index in [2.05, 4.69) is 20.6 Å². The van der Waals surface area contributed by atoms with Gasteiger partial charge >= 0.3 is 6.18 Å². The number of halogens is 3. The highest BCUT2D eigenvalue weighted by Crippen LogP contribution is 2.34. The van der Waals surface area contributed by atoms with Crippen LogP contribution in [0.5, 0.6) is 0 Å². The summed E-state index contributed by atoms with van der Waals surface area (Å²) in [4.78, 5) is 39.6. The third-order valence-corrected chi connectivity index (χ3v) is 5.60. The summed E-state index contributed by atoms with van der Waals surface area (Å²) in [6.45, 7) is 2.86. The summed E-state index contributed by atoms with van der Waals surface area (Å²) in [6, 6.07) is 1.96. The number of H-pyrrole nitrogens is 1. The molecule has 0 bridgehead atoms. The molecule has 10 nitrogen and oxygen atoms in total. The van der Waals surface area contributed by atoms with E-state index >= 15 is 0 Å². The number of nitrogens with one attached hydrogen (secondary N) is 2. The molecule has 2 aliphatic rings. The smallest absolute Gasteiger partial charge is 0.352 e. The number of carbonyl (C=O) groups excluding carboxylic acids is 2. The summed E-state index contributed by atoms with van der Waals surface area (Å²) in [5.41, 5.74) is -2.44. The maximum Gasteiger partial charge on any atom is 0.434 e. The Morgan fingerprint density at radius 2 is 1.88 bits per heavy atom. The normalized spacial score (nSPS) is 18.4. The number of aromatic nitrogens is 4. The van der Waals surface area contributed by atoms with E-state index in [1.807, 2.05) is 4.90 Å². The lowest BCUT2D eigenvalue weighted by Crippen LogP contribution is -2.55. The molecule has 1 unspecified atom stereocenters. The van der Waals surface area contributed by atoms with Gasteiger partial charge in [0.25, 0.3) is 11.5 Å². The van der Waals surface area contributed by atoms with Crippen molar-refractivity contribution in [3.8, 4) is 5.82 Å². The maximum atomic E-state index is 13.8. The zero-order valence-electron chi connectivity index (χ0n) is 17.2. The van der Waals surface area contributed by atoms with E-state index in [9.17, 15) is 27.6 Å². The minimum atomic E-state index is -4.88. The van der Waals surface area contributed by atoms with Crippen LogP contribution in [-0.2, 0) is 11.0 Å². The maximum absolute atomic E-state index is 13.8. The number of nitrogens with zero attached hydrogens (tertiary/aromatic N) is 5. The van der Waals surface area contributed by atoms with Gasteiger partial charge in [-0.25, -0.2) is 9.78 Å². The second-order valence-corrected chi connectivity index (χ2v) is 7.88. The molecule has 4 rings (SSSR count). The molecule has 2 N–H and O–H groups in total. The quantitative estimate of drug-likeness (QED) is 0.677. The third-order valence-electron chi connectivity index (χ3n) is 5.60. The first kappa shape index (κ1) is 22.0. The van der Waals surface area contributed by atoms with E-state index in [0.717, 1.165) is 31.2 Å². The first-order valence-corrected chi connectivity index (χ1v) is 10.2. The molecule has 1 aliphatic heterocycles. The van der Waals surface area contributed by atoms with Crippen LogP contribution in [-0.4, -0.2) is 79.9 Å². The van der Waals surface area contributed by atoms with Gasteiger partial charge in [-0.1, -0.05) is 0 Å². The van der Waals surface area contributed by atoms with E-state index in [-0.39, 0.29) is 36.9 Å². The highest BCUT2D eigenvalue weighted by Gasteiger charge is 2.42. The van der Waals surface area contributed by atoms with Crippen LogP contribution in [0.4, 0.5) is 13.2 Å². The molecule has 2 amide bonds. The molecule has 3 heterocycles. The van der Waals surface area contributed by atoms with Crippen LogP contribution in [0.3, 0.4) is 0 Å². The van der Waals surface area contributed by atoms with Gasteiger partial charge in [0.15, 0.2) is 11.5 Å². The molecule has 13 heteroatoms. The van der Waals surface area contributed by atoms with Gasteiger partial charge in [-0.2, -0.15) is 23.4 Å². The molecular formula is C19H22F3N7O3. The zero-order chi connectivity index (χ0) is 23.0. The Hall–Kier alpha value is -3.22. The van der Waals surface area contributed by atoms with Crippen molar-refractivity contribution in [3.63, 3.8) is 0 Å². The lowest BCUT2D eigenvalue weighted by molar-refractivity contribution is -0.143. The zero-order valence-corrected chi connectivity index (χ0v) is 17.2. The molecule has 0 radical (unpaired) electrons. The van der Waals surface area contributed by atoms with Crippen LogP contribution in [0.1, 0.15) is 35.8 Å². The fourth-order valence-electron chi connectivity index (χ4n) is 3.60. The lowest BCUT2D eigenvalue weighted by Gasteiger charge is -2.37. The minimum Gasteiger partial charge on any atom is -0.352 e. The second kappa shape index (κ2) is 8.37. The number of hydrogen-bond donors (Lipinski definition) is 2. The summed E-state index contributed by atoms with van der Waals surface area (Å²) in [7, 11) is 0. The Morgan fingerprint density at radius 3 is 2.44 bits per heavy atom. The number of piperazine rings is 1. The van der Waals surface area contributed by atoms with E-state index < -0.39 is 28.9 Å². The van der Waals surface area contributed by atoms with Crippen molar-refractivity contribution in [2.45, 2.75) is 38.0 Å². The van der Waals surface area contributed by atoms with Crippen LogP contribution in [0.2, 0.25) is 0 Å². The summed E-state index contributed by atoms with van der Waals surface area (Å²) in [5, 5.41) is 12.3. The van der Waals surface area contributed by atoms with E-state index in [0.29, 0.717) is 17.8 Å². The number of aromatic amines is 1. The summed E-state index contributed by atoms with van der Waals surface area (Å²) < 4.78 is 41.9. The average molecular weight is 453 g/mol. The third kappa shape index (κ3) is 4.52. The van der Waals surface area contributed by atoms with E-state index in [1.165, 1.54) is 4.90 Å². The lowest BCUT2D eigenvalue weighted by atomic mass is 10.1. The van der Waals surface area contributed by atoms with Gasteiger partial charge in [0.1, 0.15) is 0 Å². The topological polar surface area (TPSA) is 116 Å². The van der Waals surface area contributed by atoms with Crippen LogP contribution < -0.4 is 10.9 Å². The largest absolute Gasteiger partial charge is 0.434 e. The van der Waals surface area contributed by atoms with Gasteiger partial charge in [-0.15, -0.1) is 0 Å². The van der Waals surface area contributed by atoms with Gasteiger partial charge in [0.05, 0.1) is 17.8 Å². The molecule has 2 fully saturated rings. The van der Waals surface area contributed by atoms with Crippen molar-refractivity contribution >= 4 is 11.8 Å². The molecule has 0 spiro atoms. The van der Waals surface area contributed by atoms with Crippen molar-refractivity contribution in [2.24, 2.45) is 0 Å². The second-order valence-electron chi connectivity index (χ2n) is 7.88. The van der Waals surface area contributed by atoms with Gasteiger partial charge in [0, 0.05) is 38.3 Å². The SMILES string of the molecule is CC(C(=O)NC1CC1)N1CCN(C(=O)c2cnn(-c3ccc(=O)[nH]n3)c2C(F)(F)F)CC1. The summed E-state index contributed by atoms with van der Waals surface area (Å²) in [5.74, 6) is -1.15. The average Bonchev–Trinajstić information content (AvgIpc) is 3.45. The van der Waals surface area contributed by atoms with E-state index in [1.54, 1.807) is 6.92 Å². The van der Waals surface area contributed by atoms with Crippen LogP contribution in [0.15, 0.2) is 23.1 Å². The van der Waals surface area contributed by atoms with Gasteiger partial charge in [-0.05, 0) is 25.8 Å². The van der Waals surface area contributed by atoms with Crippen LogP contribution in [0, 0.1) is 0 Å². The van der Waals surface area contributed by atoms with E-state index in [4.69, 9.17) is 0 Å². The molecule has 172 valence electrons. The number of carbonyl (C=O) groups is 2. The molecular weight excluding hydrogens is 431 g/mol. The first-order chi connectivity index (χ1) is 15.1. The molecule has 1 saturated heterocycles. The Balaban J connectivity index is 1.49. The van der Waals surface area contributed by atoms with Gasteiger partial charge in [0.2, 0.25) is 5.91 Å². The molecule has 1 atom stereocenters. The van der Waals surface area contributed by atoms with Crippen molar-refractivity contribution in [1.82, 2.24) is 35.1 Å². The fourth-order valence-corrected chi connectivity index (χ4v) is 3.60. The first-order valence-electron chi connectivity index (χ1n) is 10.2. The Labute approximate surface area is 180 Å². The molecule has 0 aromatic carbocycles. The van der Waals surface area contributed by atoms with Crippen LogP contribution in [0.25, 0.3) is 5.82 Å². The van der Waals surface area contributed by atoms with Crippen LogP contribution >= 0.6 is 0 Å². The van der Waals surface area contributed by atoms with Crippen molar-refractivity contribution in [1.29, 1.82) is 0 Å². The number of rotatable bonds is 5.